The smallest absolute Gasteiger partial charge is 0.264 e. The number of benzene rings is 3. The third-order valence-electron chi connectivity index (χ3n) is 5.26. The van der Waals surface area contributed by atoms with E-state index in [1.165, 1.54) is 30.4 Å². The Kier molecular flexibility index (Phi) is 7.50. The van der Waals surface area contributed by atoms with Gasteiger partial charge in [-0.1, -0.05) is 36.4 Å². The average molecular weight is 466 g/mol. The van der Waals surface area contributed by atoms with Gasteiger partial charge in [0.15, 0.2) is 0 Å². The van der Waals surface area contributed by atoms with Crippen LogP contribution in [0.15, 0.2) is 83.8 Å². The summed E-state index contributed by atoms with van der Waals surface area (Å²) in [7, 11) is -2.36. The zero-order valence-electron chi connectivity index (χ0n) is 18.9. The lowest BCUT2D eigenvalue weighted by Gasteiger charge is -2.20. The van der Waals surface area contributed by atoms with E-state index in [1.807, 2.05) is 19.1 Å². The second kappa shape index (κ2) is 10.3. The lowest BCUT2D eigenvalue weighted by atomic mass is 10.1. The van der Waals surface area contributed by atoms with Gasteiger partial charge in [0.05, 0.1) is 10.6 Å². The fourth-order valence-electron chi connectivity index (χ4n) is 3.35. The van der Waals surface area contributed by atoms with Crippen LogP contribution in [-0.4, -0.2) is 38.7 Å². The second-order valence-corrected chi connectivity index (χ2v) is 9.49. The number of amides is 2. The first kappa shape index (κ1) is 24.0. The summed E-state index contributed by atoms with van der Waals surface area (Å²) in [6.07, 6.45) is 0. The van der Waals surface area contributed by atoms with Crippen LogP contribution in [0.1, 0.15) is 29.8 Å². The molecule has 0 aliphatic heterocycles. The van der Waals surface area contributed by atoms with Crippen molar-refractivity contribution in [3.05, 3.63) is 90.0 Å². The molecule has 0 saturated carbocycles. The zero-order chi connectivity index (χ0) is 24.0. The van der Waals surface area contributed by atoms with Crippen LogP contribution >= 0.6 is 0 Å². The van der Waals surface area contributed by atoms with Gasteiger partial charge in [0.25, 0.3) is 15.9 Å². The highest BCUT2D eigenvalue weighted by atomic mass is 32.2. The van der Waals surface area contributed by atoms with Gasteiger partial charge >= 0.3 is 0 Å². The quantitative estimate of drug-likeness (QED) is 0.542. The third kappa shape index (κ3) is 5.78. The Morgan fingerprint density at radius 1 is 0.909 bits per heavy atom. The molecule has 7 nitrogen and oxygen atoms in total. The number of nitrogens with zero attached hydrogens (tertiary/aromatic N) is 2. The number of carbonyl (C=O) groups is 2. The molecule has 0 spiro atoms. The first-order valence-corrected chi connectivity index (χ1v) is 12.0. The van der Waals surface area contributed by atoms with Crippen molar-refractivity contribution in [1.82, 2.24) is 4.90 Å². The van der Waals surface area contributed by atoms with E-state index in [0.29, 0.717) is 24.5 Å². The van der Waals surface area contributed by atoms with Gasteiger partial charge in [0, 0.05) is 38.3 Å². The van der Waals surface area contributed by atoms with Crippen molar-refractivity contribution in [2.24, 2.45) is 0 Å². The Balaban J connectivity index is 1.79. The summed E-state index contributed by atoms with van der Waals surface area (Å²) in [5.74, 6) is -0.448. The summed E-state index contributed by atoms with van der Waals surface area (Å²) in [6.45, 7) is 4.45. The lowest BCUT2D eigenvalue weighted by Crippen LogP contribution is -2.27. The van der Waals surface area contributed by atoms with Crippen LogP contribution in [-0.2, 0) is 21.4 Å². The Morgan fingerprint density at radius 2 is 1.61 bits per heavy atom. The molecule has 3 aromatic rings. The maximum atomic E-state index is 13.1. The summed E-state index contributed by atoms with van der Waals surface area (Å²) < 4.78 is 27.3. The molecule has 3 rings (SSSR count). The zero-order valence-corrected chi connectivity index (χ0v) is 19.7. The summed E-state index contributed by atoms with van der Waals surface area (Å²) >= 11 is 0. The number of para-hydroxylation sites is 1. The van der Waals surface area contributed by atoms with E-state index < -0.39 is 15.9 Å². The molecule has 3 aromatic carbocycles. The van der Waals surface area contributed by atoms with Gasteiger partial charge in [-0.25, -0.2) is 8.42 Å². The number of rotatable bonds is 8. The third-order valence-corrected chi connectivity index (χ3v) is 7.04. The molecular formula is C25H27N3O4S. The maximum Gasteiger partial charge on any atom is 0.264 e. The molecular weight excluding hydrogens is 438 g/mol. The Hall–Kier alpha value is -3.65. The molecule has 0 aliphatic rings. The minimum absolute atomic E-state index is 0.0227. The van der Waals surface area contributed by atoms with Crippen LogP contribution in [0.2, 0.25) is 0 Å². The molecule has 0 atom stereocenters. The summed E-state index contributed by atoms with van der Waals surface area (Å²) in [4.78, 5) is 26.2. The predicted octanol–water partition coefficient (Wildman–Crippen LogP) is 4.13. The van der Waals surface area contributed by atoms with Gasteiger partial charge in [-0.3, -0.25) is 13.9 Å². The highest BCUT2D eigenvalue weighted by Crippen LogP contribution is 2.23. The van der Waals surface area contributed by atoms with Gasteiger partial charge in [0.1, 0.15) is 0 Å². The average Bonchev–Trinajstić information content (AvgIpc) is 2.82. The lowest BCUT2D eigenvalue weighted by molar-refractivity contribution is -0.129. The van der Waals surface area contributed by atoms with Crippen LogP contribution < -0.4 is 9.62 Å². The molecule has 2 amide bonds. The molecule has 0 heterocycles. The normalized spacial score (nSPS) is 11.0. The van der Waals surface area contributed by atoms with Crippen LogP contribution in [0, 0.1) is 0 Å². The first-order chi connectivity index (χ1) is 15.7. The molecule has 0 saturated heterocycles. The van der Waals surface area contributed by atoms with E-state index in [9.17, 15) is 18.0 Å². The van der Waals surface area contributed by atoms with Crippen molar-refractivity contribution in [1.29, 1.82) is 0 Å². The van der Waals surface area contributed by atoms with Crippen molar-refractivity contribution in [2.75, 3.05) is 23.2 Å². The number of hydrogen-bond donors (Lipinski definition) is 1. The predicted molar refractivity (Wildman–Crippen MR) is 130 cm³/mol. The van der Waals surface area contributed by atoms with Gasteiger partial charge in [-0.05, 0) is 55.0 Å². The monoisotopic (exact) mass is 465 g/mol. The Labute approximate surface area is 194 Å². The standard InChI is InChI=1S/C25H27N3O4S/c1-4-28(19(2)29)18-20-10-8-12-22(16-20)26-25(30)21-11-9-15-24(17-21)33(31,32)27(3)23-13-6-5-7-14-23/h5-17H,4,18H2,1-3H3,(H,26,30). The van der Waals surface area contributed by atoms with Gasteiger partial charge in [0.2, 0.25) is 5.91 Å². The molecule has 1 N–H and O–H groups in total. The van der Waals surface area contributed by atoms with Crippen LogP contribution in [0.5, 0.6) is 0 Å². The van der Waals surface area contributed by atoms with E-state index in [1.54, 1.807) is 59.5 Å². The molecule has 0 radical (unpaired) electrons. The maximum absolute atomic E-state index is 13.1. The number of nitrogens with one attached hydrogen (secondary N) is 1. The van der Waals surface area contributed by atoms with Crippen LogP contribution in [0.4, 0.5) is 11.4 Å². The minimum Gasteiger partial charge on any atom is -0.339 e. The minimum atomic E-state index is -3.84. The molecule has 0 bridgehead atoms. The molecule has 0 aromatic heterocycles. The Morgan fingerprint density at radius 3 is 2.27 bits per heavy atom. The first-order valence-electron chi connectivity index (χ1n) is 10.5. The fraction of sp³-hybridized carbons (Fsp3) is 0.200. The molecule has 0 unspecified atom stereocenters. The summed E-state index contributed by atoms with van der Waals surface area (Å²) in [6, 6.07) is 21.9. The van der Waals surface area contributed by atoms with Crippen molar-refractivity contribution in [2.45, 2.75) is 25.3 Å². The van der Waals surface area contributed by atoms with E-state index >= 15 is 0 Å². The number of carbonyl (C=O) groups excluding carboxylic acids is 2. The van der Waals surface area contributed by atoms with Crippen LogP contribution in [0.3, 0.4) is 0 Å². The molecule has 0 aliphatic carbocycles. The van der Waals surface area contributed by atoms with Gasteiger partial charge < -0.3 is 10.2 Å². The second-order valence-electron chi connectivity index (χ2n) is 7.52. The van der Waals surface area contributed by atoms with Crippen LogP contribution in [0.25, 0.3) is 0 Å². The van der Waals surface area contributed by atoms with E-state index in [2.05, 4.69) is 5.32 Å². The van der Waals surface area contributed by atoms with Crippen molar-refractivity contribution in [3.8, 4) is 0 Å². The SMILES string of the molecule is CCN(Cc1cccc(NC(=O)c2cccc(S(=O)(=O)N(C)c3ccccc3)c2)c1)C(C)=O. The van der Waals surface area contributed by atoms with E-state index in [0.717, 1.165) is 5.56 Å². The summed E-state index contributed by atoms with van der Waals surface area (Å²) in [5, 5.41) is 2.81. The van der Waals surface area contributed by atoms with Crippen molar-refractivity contribution < 1.29 is 18.0 Å². The van der Waals surface area contributed by atoms with Gasteiger partial charge in [-0.15, -0.1) is 0 Å². The molecule has 33 heavy (non-hydrogen) atoms. The largest absolute Gasteiger partial charge is 0.339 e. The highest BCUT2D eigenvalue weighted by Gasteiger charge is 2.22. The summed E-state index contributed by atoms with van der Waals surface area (Å²) in [5.41, 5.74) is 2.19. The van der Waals surface area contributed by atoms with E-state index in [4.69, 9.17) is 0 Å². The molecule has 8 heteroatoms. The fourth-order valence-corrected chi connectivity index (χ4v) is 4.59. The molecule has 0 fully saturated rings. The topological polar surface area (TPSA) is 86.8 Å². The van der Waals surface area contributed by atoms with E-state index in [-0.39, 0.29) is 16.4 Å². The number of sulfonamides is 1. The van der Waals surface area contributed by atoms with Crippen molar-refractivity contribution in [3.63, 3.8) is 0 Å². The number of hydrogen-bond acceptors (Lipinski definition) is 4. The highest BCUT2D eigenvalue weighted by molar-refractivity contribution is 7.92. The van der Waals surface area contributed by atoms with Gasteiger partial charge in [-0.2, -0.15) is 0 Å². The number of anilines is 2. The Bertz CT molecular complexity index is 1240. The van der Waals surface area contributed by atoms with Crippen molar-refractivity contribution >= 4 is 33.2 Å². The molecule has 172 valence electrons.